The Labute approximate surface area is 141 Å². The topological polar surface area (TPSA) is 21.7 Å². The van der Waals surface area contributed by atoms with Crippen LogP contribution in [0, 0.1) is 5.41 Å². The third-order valence-corrected chi connectivity index (χ3v) is 9.28. The van der Waals surface area contributed by atoms with E-state index in [2.05, 4.69) is 41.2 Å². The van der Waals surface area contributed by atoms with Gasteiger partial charge in [-0.3, -0.25) is 0 Å². The molecule has 1 aliphatic carbocycles. The van der Waals surface area contributed by atoms with Crippen molar-refractivity contribution in [2.45, 2.75) is 35.3 Å². The molecule has 0 amide bonds. The Morgan fingerprint density at radius 1 is 1.41 bits per heavy atom. The molecule has 5 rings (SSSR count). The van der Waals surface area contributed by atoms with Crippen LogP contribution in [-0.4, -0.2) is 35.8 Å². The van der Waals surface area contributed by atoms with Gasteiger partial charge in [-0.2, -0.15) is 0 Å². The molecule has 0 N–H and O–H groups in total. The van der Waals surface area contributed by atoms with Gasteiger partial charge >= 0.3 is 142 Å². The number of methoxy groups -OCH3 is 1. The standard InChI is InChI=1S/C18H21INO2/c1-17-6-8-19-16-18(17)7-9-20(2)13(17)10-11-4-5-12(21-3)15(22-16)14(11)18/h4-6,8,13,16H,7,9-10H2,1-3H3/q-1/t13-,16?,17?,18+/m1/s1. The molecule has 3 nitrogen and oxygen atoms in total. The van der Waals surface area contributed by atoms with Crippen molar-refractivity contribution in [1.29, 1.82) is 0 Å². The molecule has 22 heavy (non-hydrogen) atoms. The molecule has 4 heteroatoms. The molecule has 2 unspecified atom stereocenters. The van der Waals surface area contributed by atoms with E-state index in [-0.39, 0.29) is 32.0 Å². The van der Waals surface area contributed by atoms with E-state index in [4.69, 9.17) is 9.47 Å². The molecule has 0 radical (unpaired) electrons. The molecule has 4 atom stereocenters. The van der Waals surface area contributed by atoms with Gasteiger partial charge in [0, 0.05) is 0 Å². The zero-order valence-electron chi connectivity index (χ0n) is 13.2. The summed E-state index contributed by atoms with van der Waals surface area (Å²) in [5.41, 5.74) is 3.36. The quantitative estimate of drug-likeness (QED) is 0.462. The van der Waals surface area contributed by atoms with Crippen molar-refractivity contribution in [1.82, 2.24) is 4.90 Å². The van der Waals surface area contributed by atoms with Crippen LogP contribution < -0.4 is 30.7 Å². The van der Waals surface area contributed by atoms with Gasteiger partial charge in [0.05, 0.1) is 0 Å². The molecule has 0 aromatic heterocycles. The number of nitrogens with zero attached hydrogens (tertiary/aromatic N) is 1. The van der Waals surface area contributed by atoms with Gasteiger partial charge in [0.2, 0.25) is 0 Å². The van der Waals surface area contributed by atoms with Crippen LogP contribution in [0.4, 0.5) is 0 Å². The summed E-state index contributed by atoms with van der Waals surface area (Å²) < 4.78 is 15.0. The molecule has 1 saturated heterocycles. The van der Waals surface area contributed by atoms with Gasteiger partial charge in [-0.05, 0) is 0 Å². The van der Waals surface area contributed by atoms with E-state index in [1.54, 1.807) is 7.11 Å². The number of benzene rings is 1. The second kappa shape index (κ2) is 4.20. The fourth-order valence-corrected chi connectivity index (χ4v) is 8.99. The van der Waals surface area contributed by atoms with Crippen molar-refractivity contribution >= 4 is 0 Å². The van der Waals surface area contributed by atoms with Crippen molar-refractivity contribution < 1.29 is 30.7 Å². The Morgan fingerprint density at radius 2 is 2.27 bits per heavy atom. The summed E-state index contributed by atoms with van der Waals surface area (Å²) in [7, 11) is 4.05. The van der Waals surface area contributed by atoms with Gasteiger partial charge in [-0.1, -0.05) is 0 Å². The Hall–Kier alpha value is -0.750. The maximum absolute atomic E-state index is 6.56. The van der Waals surface area contributed by atoms with Gasteiger partial charge in [0.25, 0.3) is 0 Å². The number of piperidine rings is 1. The van der Waals surface area contributed by atoms with Crippen LogP contribution in [0.3, 0.4) is 0 Å². The molecule has 2 bridgehead atoms. The third kappa shape index (κ3) is 1.30. The summed E-state index contributed by atoms with van der Waals surface area (Å²) >= 11 is -0.0666. The van der Waals surface area contributed by atoms with E-state index < -0.39 is 0 Å². The molecule has 0 saturated carbocycles. The van der Waals surface area contributed by atoms with Crippen molar-refractivity contribution in [3.8, 4) is 11.5 Å². The third-order valence-electron chi connectivity index (χ3n) is 6.54. The molecule has 1 fully saturated rings. The van der Waals surface area contributed by atoms with Crippen LogP contribution in [0.5, 0.6) is 11.5 Å². The minimum atomic E-state index is -0.0666. The van der Waals surface area contributed by atoms with Gasteiger partial charge in [-0.25, -0.2) is 0 Å². The summed E-state index contributed by atoms with van der Waals surface area (Å²) in [4.78, 5) is 2.57. The number of alkyl halides is 1. The summed E-state index contributed by atoms with van der Waals surface area (Å²) in [5, 5.41) is 0. The Bertz CT molecular complexity index is 703. The SMILES string of the molecule is COc1ccc2c3c1OC1[I-]C=CC4(C)[C@@H](C2)N(C)CC[C@]314. The second-order valence-electron chi connectivity index (χ2n) is 7.19. The van der Waals surface area contributed by atoms with Crippen LogP contribution in [0.25, 0.3) is 0 Å². The maximum atomic E-state index is 6.56. The van der Waals surface area contributed by atoms with E-state index in [0.717, 1.165) is 17.9 Å². The van der Waals surface area contributed by atoms with E-state index >= 15 is 0 Å². The number of likely N-dealkylation sites (tertiary alicyclic amines) is 1. The van der Waals surface area contributed by atoms with Gasteiger partial charge in [0.15, 0.2) is 0 Å². The van der Waals surface area contributed by atoms with E-state index in [1.807, 2.05) is 0 Å². The summed E-state index contributed by atoms with van der Waals surface area (Å²) in [6.45, 7) is 3.65. The fraction of sp³-hybridized carbons (Fsp3) is 0.556. The zero-order chi connectivity index (χ0) is 15.1. The molecule has 1 aromatic rings. The number of hydrogen-bond acceptors (Lipinski definition) is 3. The number of likely N-dealkylation sites (N-methyl/N-ethyl adjacent to an activating group) is 1. The minimum absolute atomic E-state index is 0.0666. The van der Waals surface area contributed by atoms with E-state index in [0.29, 0.717) is 10.2 Å². The van der Waals surface area contributed by atoms with E-state index in [9.17, 15) is 0 Å². The number of hydrogen-bond donors (Lipinski definition) is 0. The first-order chi connectivity index (χ1) is 10.6. The van der Waals surface area contributed by atoms with Gasteiger partial charge < -0.3 is 0 Å². The Morgan fingerprint density at radius 3 is 3.09 bits per heavy atom. The van der Waals surface area contributed by atoms with Crippen molar-refractivity contribution in [3.05, 3.63) is 33.4 Å². The molecule has 3 heterocycles. The Balaban J connectivity index is 1.86. The first-order valence-corrected chi connectivity index (χ1v) is 10.5. The monoisotopic (exact) mass is 410 g/mol. The molecular formula is C18H21INO2-. The van der Waals surface area contributed by atoms with Crippen LogP contribution in [0.2, 0.25) is 0 Å². The van der Waals surface area contributed by atoms with Crippen LogP contribution in [0.1, 0.15) is 24.5 Å². The van der Waals surface area contributed by atoms with Crippen LogP contribution in [0.15, 0.2) is 22.3 Å². The molecule has 4 aliphatic rings. The average molecular weight is 410 g/mol. The van der Waals surface area contributed by atoms with Crippen molar-refractivity contribution in [3.63, 3.8) is 0 Å². The molecular weight excluding hydrogens is 389 g/mol. The number of ether oxygens (including phenoxy) is 2. The van der Waals surface area contributed by atoms with Crippen molar-refractivity contribution in [2.24, 2.45) is 5.41 Å². The zero-order valence-corrected chi connectivity index (χ0v) is 15.4. The summed E-state index contributed by atoms with van der Waals surface area (Å²) in [6, 6.07) is 4.97. The predicted octanol–water partition coefficient (Wildman–Crippen LogP) is -0.466. The first-order valence-electron chi connectivity index (χ1n) is 7.99. The molecule has 3 aliphatic heterocycles. The number of halogens is 1. The molecule has 1 spiro atoms. The van der Waals surface area contributed by atoms with Crippen molar-refractivity contribution in [2.75, 3.05) is 20.7 Å². The number of rotatable bonds is 1. The second-order valence-corrected chi connectivity index (χ2v) is 9.76. The van der Waals surface area contributed by atoms with Gasteiger partial charge in [-0.15, -0.1) is 0 Å². The van der Waals surface area contributed by atoms with Crippen LogP contribution in [-0.2, 0) is 11.8 Å². The Kier molecular flexibility index (Phi) is 2.61. The molecule has 1 aromatic carbocycles. The summed E-state index contributed by atoms with van der Waals surface area (Å²) in [5.74, 6) is 1.98. The van der Waals surface area contributed by atoms with E-state index in [1.165, 1.54) is 24.1 Å². The van der Waals surface area contributed by atoms with Gasteiger partial charge in [0.1, 0.15) is 0 Å². The predicted molar refractivity (Wildman–Crippen MR) is 81.1 cm³/mol. The van der Waals surface area contributed by atoms with Crippen LogP contribution >= 0.6 is 0 Å². The average Bonchev–Trinajstić information content (AvgIpc) is 2.85. The normalized spacial score (nSPS) is 41.4. The fourth-order valence-electron chi connectivity index (χ4n) is 5.35. The summed E-state index contributed by atoms with van der Waals surface area (Å²) in [6.07, 6.45) is 4.87. The molecule has 118 valence electrons. The first kappa shape index (κ1) is 13.7.